The number of nitrogens with one attached hydrogen (secondary N) is 1. The van der Waals surface area contributed by atoms with Crippen molar-refractivity contribution >= 4 is 33.4 Å². The van der Waals surface area contributed by atoms with Gasteiger partial charge in [0.05, 0.1) is 11.3 Å². The molecule has 2 aromatic rings. The minimum atomic E-state index is 0.247. The molecule has 1 aromatic heterocycles. The topological polar surface area (TPSA) is 68.1 Å². The summed E-state index contributed by atoms with van der Waals surface area (Å²) in [5.41, 5.74) is 1.68. The number of rotatable bonds is 4. The lowest BCUT2D eigenvalue weighted by Gasteiger charge is -2.35. The second kappa shape index (κ2) is 7.70. The van der Waals surface area contributed by atoms with Crippen molar-refractivity contribution in [2.24, 2.45) is 0 Å². The first kappa shape index (κ1) is 17.5. The van der Waals surface area contributed by atoms with Crippen molar-refractivity contribution < 1.29 is 0 Å². The molecule has 1 N–H and O–H groups in total. The Hall–Kier alpha value is -2.33. The number of nitriles is 1. The molecule has 6 nitrogen and oxygen atoms in total. The molecule has 0 radical (unpaired) electrons. The molecule has 0 bridgehead atoms. The van der Waals surface area contributed by atoms with Crippen LogP contribution >= 0.6 is 15.9 Å². The van der Waals surface area contributed by atoms with E-state index in [1.54, 1.807) is 6.20 Å². The van der Waals surface area contributed by atoms with Crippen molar-refractivity contribution in [2.45, 2.75) is 18.9 Å². The van der Waals surface area contributed by atoms with Crippen molar-refractivity contribution in [1.29, 1.82) is 5.26 Å². The molecule has 7 heteroatoms. The molecule has 1 aliphatic heterocycles. The van der Waals surface area contributed by atoms with E-state index in [0.29, 0.717) is 11.5 Å². The number of anilines is 3. The minimum absolute atomic E-state index is 0.247. The summed E-state index contributed by atoms with van der Waals surface area (Å²) < 4.78 is 0.985. The number of piperidine rings is 1. The van der Waals surface area contributed by atoms with Crippen LogP contribution in [0.3, 0.4) is 0 Å². The molecule has 2 heterocycles. The van der Waals surface area contributed by atoms with Crippen LogP contribution in [-0.2, 0) is 0 Å². The van der Waals surface area contributed by atoms with Crippen molar-refractivity contribution in [3.05, 3.63) is 40.5 Å². The van der Waals surface area contributed by atoms with Gasteiger partial charge in [-0.1, -0.05) is 15.9 Å². The molecule has 1 aliphatic rings. The largest absolute Gasteiger partial charge is 0.368 e. The van der Waals surface area contributed by atoms with Crippen LogP contribution in [0.5, 0.6) is 0 Å². The second-order valence-electron chi connectivity index (χ2n) is 6.34. The van der Waals surface area contributed by atoms with E-state index < -0.39 is 0 Å². The number of hydrogen-bond acceptors (Lipinski definition) is 6. The summed E-state index contributed by atoms with van der Waals surface area (Å²) in [5, 5.41) is 12.8. The van der Waals surface area contributed by atoms with Gasteiger partial charge in [-0.2, -0.15) is 10.2 Å². The molecule has 0 spiro atoms. The second-order valence-corrected chi connectivity index (χ2v) is 7.25. The normalized spacial score (nSPS) is 17.0. The van der Waals surface area contributed by atoms with Gasteiger partial charge in [0.15, 0.2) is 0 Å². The summed E-state index contributed by atoms with van der Waals surface area (Å²) in [4.78, 5) is 13.1. The monoisotopic (exact) mass is 400 g/mol. The average Bonchev–Trinajstić information content (AvgIpc) is 2.62. The van der Waals surface area contributed by atoms with Crippen molar-refractivity contribution in [3.8, 4) is 6.07 Å². The predicted molar refractivity (Wildman–Crippen MR) is 104 cm³/mol. The lowest BCUT2D eigenvalue weighted by molar-refractivity contribution is 0.527. The summed E-state index contributed by atoms with van der Waals surface area (Å²) in [6.45, 7) is 1.77. The third-order valence-electron chi connectivity index (χ3n) is 4.27. The van der Waals surface area contributed by atoms with Crippen molar-refractivity contribution in [1.82, 2.24) is 9.97 Å². The fraction of sp³-hybridized carbons (Fsp3) is 0.389. The van der Waals surface area contributed by atoms with Gasteiger partial charge in [0, 0.05) is 43.9 Å². The van der Waals surface area contributed by atoms with Gasteiger partial charge in [0.25, 0.3) is 0 Å². The van der Waals surface area contributed by atoms with Crippen molar-refractivity contribution in [3.63, 3.8) is 0 Å². The fourth-order valence-corrected chi connectivity index (χ4v) is 3.37. The summed E-state index contributed by atoms with van der Waals surface area (Å²) in [6.07, 6.45) is 3.89. The van der Waals surface area contributed by atoms with Gasteiger partial charge < -0.3 is 15.1 Å². The summed E-state index contributed by atoms with van der Waals surface area (Å²) in [5.74, 6) is 1.52. The average molecular weight is 401 g/mol. The molecule has 130 valence electrons. The molecular formula is C18H21BrN6. The van der Waals surface area contributed by atoms with E-state index in [0.717, 1.165) is 41.9 Å². The minimum Gasteiger partial charge on any atom is -0.368 e. The van der Waals surface area contributed by atoms with Crippen LogP contribution < -0.4 is 15.1 Å². The van der Waals surface area contributed by atoms with E-state index in [1.807, 2.05) is 43.3 Å². The number of halogens is 1. The zero-order valence-corrected chi connectivity index (χ0v) is 16.0. The van der Waals surface area contributed by atoms with Crippen LogP contribution in [0.2, 0.25) is 0 Å². The van der Waals surface area contributed by atoms with Gasteiger partial charge in [0.1, 0.15) is 11.9 Å². The number of aromatic nitrogens is 2. The van der Waals surface area contributed by atoms with Gasteiger partial charge >= 0.3 is 0 Å². The Kier molecular flexibility index (Phi) is 5.39. The van der Waals surface area contributed by atoms with Crippen LogP contribution in [0.25, 0.3) is 0 Å². The fourth-order valence-electron chi connectivity index (χ4n) is 3.03. The molecule has 25 heavy (non-hydrogen) atoms. The third-order valence-corrected chi connectivity index (χ3v) is 4.77. The first-order valence-corrected chi connectivity index (χ1v) is 9.07. The van der Waals surface area contributed by atoms with Crippen LogP contribution in [0.15, 0.2) is 34.9 Å². The molecular weight excluding hydrogens is 380 g/mol. The smallest absolute Gasteiger partial charge is 0.224 e. The number of benzene rings is 1. The Labute approximate surface area is 156 Å². The van der Waals surface area contributed by atoms with E-state index in [4.69, 9.17) is 0 Å². The molecule has 1 unspecified atom stereocenters. The highest BCUT2D eigenvalue weighted by atomic mass is 79.9. The van der Waals surface area contributed by atoms with Gasteiger partial charge in [-0.15, -0.1) is 0 Å². The summed E-state index contributed by atoms with van der Waals surface area (Å²) >= 11 is 3.51. The van der Waals surface area contributed by atoms with E-state index in [-0.39, 0.29) is 6.04 Å². The summed E-state index contributed by atoms with van der Waals surface area (Å²) in [6, 6.07) is 10.2. The highest BCUT2D eigenvalue weighted by Gasteiger charge is 2.22. The Morgan fingerprint density at radius 3 is 2.96 bits per heavy atom. The highest BCUT2D eigenvalue weighted by Crippen LogP contribution is 2.28. The molecule has 1 fully saturated rings. The zero-order valence-electron chi connectivity index (χ0n) is 14.4. The maximum absolute atomic E-state index is 9.39. The quantitative estimate of drug-likeness (QED) is 0.849. The van der Waals surface area contributed by atoms with E-state index in [1.165, 1.54) is 0 Å². The molecule has 0 saturated carbocycles. The SMILES string of the molecule is CN(C)c1ccnc(NC2CCCN(c3cc(Br)ccc3C#N)C2)n1. The van der Waals surface area contributed by atoms with E-state index >= 15 is 0 Å². The molecule has 3 rings (SSSR count). The highest BCUT2D eigenvalue weighted by molar-refractivity contribution is 9.10. The van der Waals surface area contributed by atoms with Crippen LogP contribution in [0.4, 0.5) is 17.5 Å². The van der Waals surface area contributed by atoms with Gasteiger partial charge in [-0.05, 0) is 37.1 Å². The molecule has 1 atom stereocenters. The van der Waals surface area contributed by atoms with Crippen LogP contribution in [0.1, 0.15) is 18.4 Å². The molecule has 1 saturated heterocycles. The Bertz CT molecular complexity index is 785. The van der Waals surface area contributed by atoms with Crippen LogP contribution in [0, 0.1) is 11.3 Å². The zero-order chi connectivity index (χ0) is 17.8. The third kappa shape index (κ3) is 4.20. The maximum Gasteiger partial charge on any atom is 0.224 e. The number of nitrogens with zero attached hydrogens (tertiary/aromatic N) is 5. The standard InChI is InChI=1S/C18H21BrN6/c1-24(2)17-7-8-21-18(23-17)22-15-4-3-9-25(12-15)16-10-14(19)6-5-13(16)11-20/h5-8,10,15H,3-4,9,12H2,1-2H3,(H,21,22,23). The molecule has 0 amide bonds. The Morgan fingerprint density at radius 2 is 2.20 bits per heavy atom. The first-order valence-electron chi connectivity index (χ1n) is 8.28. The van der Waals surface area contributed by atoms with Gasteiger partial charge in [-0.25, -0.2) is 4.98 Å². The Morgan fingerprint density at radius 1 is 1.36 bits per heavy atom. The van der Waals surface area contributed by atoms with E-state index in [9.17, 15) is 5.26 Å². The maximum atomic E-state index is 9.39. The molecule has 0 aliphatic carbocycles. The summed E-state index contributed by atoms with van der Waals surface area (Å²) in [7, 11) is 3.93. The van der Waals surface area contributed by atoms with Crippen molar-refractivity contribution in [2.75, 3.05) is 42.3 Å². The van der Waals surface area contributed by atoms with Gasteiger partial charge in [-0.3, -0.25) is 0 Å². The lowest BCUT2D eigenvalue weighted by Crippen LogP contribution is -2.42. The molecule has 1 aromatic carbocycles. The first-order chi connectivity index (χ1) is 12.1. The number of hydrogen-bond donors (Lipinski definition) is 1. The van der Waals surface area contributed by atoms with E-state index in [2.05, 4.69) is 42.2 Å². The van der Waals surface area contributed by atoms with Crippen LogP contribution in [-0.4, -0.2) is 43.2 Å². The predicted octanol–water partition coefficient (Wildman–Crippen LogP) is 3.26. The van der Waals surface area contributed by atoms with Gasteiger partial charge in [0.2, 0.25) is 5.95 Å². The Balaban J connectivity index is 1.75. The lowest BCUT2D eigenvalue weighted by atomic mass is 10.0.